The van der Waals surface area contributed by atoms with Gasteiger partial charge < -0.3 is 19.9 Å². The topological polar surface area (TPSA) is 91.6 Å². The lowest BCUT2D eigenvalue weighted by Crippen LogP contribution is -2.45. The third-order valence-electron chi connectivity index (χ3n) is 3.42. The fourth-order valence-corrected chi connectivity index (χ4v) is 2.49. The van der Waals surface area contributed by atoms with Crippen molar-refractivity contribution in [3.63, 3.8) is 0 Å². The molecular weight excluding hydrogens is 262 g/mol. The molecule has 0 radical (unpaired) electrons. The van der Waals surface area contributed by atoms with Crippen LogP contribution >= 0.6 is 0 Å². The van der Waals surface area contributed by atoms with Gasteiger partial charge in [-0.1, -0.05) is 0 Å². The maximum atomic E-state index is 12.5. The fourth-order valence-electron chi connectivity index (χ4n) is 2.49. The van der Waals surface area contributed by atoms with Crippen LogP contribution in [0.1, 0.15) is 23.3 Å². The molecule has 2 heterocycles. The Morgan fingerprint density at radius 3 is 2.85 bits per heavy atom. The number of aromatic nitrogens is 1. The quantitative estimate of drug-likeness (QED) is 0.806. The molecule has 1 aromatic rings. The molecule has 2 N–H and O–H groups in total. The van der Waals surface area contributed by atoms with Crippen molar-refractivity contribution in [2.45, 2.75) is 25.4 Å². The van der Waals surface area contributed by atoms with Gasteiger partial charge in [0.25, 0.3) is 5.91 Å². The molecule has 0 aliphatic carbocycles. The summed E-state index contributed by atoms with van der Waals surface area (Å²) in [6, 6.07) is 2.73. The normalized spacial score (nSPS) is 18.1. The number of nitrogens with one attached hydrogen (secondary N) is 1. The number of aliphatic carboxylic acids is 1. The average Bonchev–Trinajstić information content (AvgIpc) is 3.04. The first-order valence-electron chi connectivity index (χ1n) is 6.44. The van der Waals surface area contributed by atoms with E-state index in [9.17, 15) is 14.4 Å². The van der Waals surface area contributed by atoms with Gasteiger partial charge in [0.05, 0.1) is 0 Å². The number of carboxylic acids is 1. The molecular formula is C13H17N3O4. The first-order chi connectivity index (χ1) is 9.54. The van der Waals surface area contributed by atoms with Crippen LogP contribution in [0.2, 0.25) is 0 Å². The number of rotatable bonds is 4. The van der Waals surface area contributed by atoms with E-state index < -0.39 is 12.0 Å². The van der Waals surface area contributed by atoms with Gasteiger partial charge in [-0.15, -0.1) is 0 Å². The number of carboxylic acid groups (broad SMARTS) is 1. The summed E-state index contributed by atoms with van der Waals surface area (Å²) in [7, 11) is 1.54. The third-order valence-corrected chi connectivity index (χ3v) is 3.42. The molecule has 0 saturated carbocycles. The standard InChI is InChI=1S/C13H17N3O4/c1-14-12(19)9-4-3-7-16(9)13(20)10-5-2-6-15(10)8-11(17)18/h2,5-6,9H,3-4,7-8H2,1H3,(H,14,19)(H,17,18). The van der Waals surface area contributed by atoms with E-state index in [4.69, 9.17) is 5.11 Å². The van der Waals surface area contributed by atoms with E-state index >= 15 is 0 Å². The highest BCUT2D eigenvalue weighted by Gasteiger charge is 2.34. The van der Waals surface area contributed by atoms with E-state index in [0.717, 1.165) is 6.42 Å². The highest BCUT2D eigenvalue weighted by molar-refractivity contribution is 5.97. The number of nitrogens with zero attached hydrogens (tertiary/aromatic N) is 2. The van der Waals surface area contributed by atoms with Crippen LogP contribution in [0.15, 0.2) is 18.3 Å². The van der Waals surface area contributed by atoms with Gasteiger partial charge in [-0.05, 0) is 25.0 Å². The predicted octanol–water partition coefficient (Wildman–Crippen LogP) is -0.0767. The number of hydrogen-bond donors (Lipinski definition) is 2. The van der Waals surface area contributed by atoms with Gasteiger partial charge in [-0.25, -0.2) is 0 Å². The number of carbonyl (C=O) groups excluding carboxylic acids is 2. The van der Waals surface area contributed by atoms with Crippen LogP contribution in [0.3, 0.4) is 0 Å². The molecule has 1 aliphatic heterocycles. The Labute approximate surface area is 116 Å². The van der Waals surface area contributed by atoms with Crippen molar-refractivity contribution < 1.29 is 19.5 Å². The zero-order chi connectivity index (χ0) is 14.7. The van der Waals surface area contributed by atoms with E-state index in [2.05, 4.69) is 5.32 Å². The van der Waals surface area contributed by atoms with Gasteiger partial charge in [-0.2, -0.15) is 0 Å². The van der Waals surface area contributed by atoms with E-state index in [0.29, 0.717) is 18.7 Å². The Bertz CT molecular complexity index is 537. The van der Waals surface area contributed by atoms with Gasteiger partial charge in [0, 0.05) is 19.8 Å². The van der Waals surface area contributed by atoms with E-state index in [1.54, 1.807) is 18.3 Å². The Hall–Kier alpha value is -2.31. The number of likely N-dealkylation sites (tertiary alicyclic amines) is 1. The van der Waals surface area contributed by atoms with Crippen LogP contribution in [0.5, 0.6) is 0 Å². The molecule has 7 nitrogen and oxygen atoms in total. The average molecular weight is 279 g/mol. The third kappa shape index (κ3) is 2.66. The van der Waals surface area contributed by atoms with Crippen LogP contribution in [0.4, 0.5) is 0 Å². The Morgan fingerprint density at radius 2 is 2.20 bits per heavy atom. The summed E-state index contributed by atoms with van der Waals surface area (Å²) in [6.07, 6.45) is 2.95. The second kappa shape index (κ2) is 5.77. The summed E-state index contributed by atoms with van der Waals surface area (Å²) in [6.45, 7) is 0.238. The second-order valence-corrected chi connectivity index (χ2v) is 4.69. The van der Waals surface area contributed by atoms with Crippen molar-refractivity contribution >= 4 is 17.8 Å². The van der Waals surface area contributed by atoms with Gasteiger partial charge >= 0.3 is 5.97 Å². The van der Waals surface area contributed by atoms with Crippen LogP contribution in [0, 0.1) is 0 Å². The molecule has 1 fully saturated rings. The van der Waals surface area contributed by atoms with E-state index in [-0.39, 0.29) is 18.4 Å². The molecule has 1 saturated heterocycles. The van der Waals surface area contributed by atoms with Crippen LogP contribution in [-0.4, -0.2) is 52.0 Å². The largest absolute Gasteiger partial charge is 0.480 e. The minimum atomic E-state index is -1.01. The summed E-state index contributed by atoms with van der Waals surface area (Å²) < 4.78 is 1.38. The zero-order valence-electron chi connectivity index (χ0n) is 11.2. The van der Waals surface area contributed by atoms with Crippen molar-refractivity contribution in [1.82, 2.24) is 14.8 Å². The molecule has 0 bridgehead atoms. The molecule has 1 aromatic heterocycles. The molecule has 0 spiro atoms. The predicted molar refractivity (Wildman–Crippen MR) is 70.2 cm³/mol. The highest BCUT2D eigenvalue weighted by Crippen LogP contribution is 2.20. The lowest BCUT2D eigenvalue weighted by atomic mass is 10.2. The van der Waals surface area contributed by atoms with Crippen molar-refractivity contribution in [3.05, 3.63) is 24.0 Å². The minimum Gasteiger partial charge on any atom is -0.480 e. The second-order valence-electron chi connectivity index (χ2n) is 4.69. The van der Waals surface area contributed by atoms with Gasteiger partial charge in [0.15, 0.2) is 0 Å². The summed E-state index contributed by atoms with van der Waals surface area (Å²) >= 11 is 0. The minimum absolute atomic E-state index is 0.188. The maximum absolute atomic E-state index is 12.5. The Morgan fingerprint density at radius 1 is 1.45 bits per heavy atom. The number of hydrogen-bond acceptors (Lipinski definition) is 3. The van der Waals surface area contributed by atoms with Gasteiger partial charge in [0.2, 0.25) is 5.91 Å². The van der Waals surface area contributed by atoms with Crippen molar-refractivity contribution in [2.24, 2.45) is 0 Å². The van der Waals surface area contributed by atoms with Crippen molar-refractivity contribution in [1.29, 1.82) is 0 Å². The summed E-state index contributed by atoms with van der Waals surface area (Å²) in [5, 5.41) is 11.4. The Balaban J connectivity index is 2.20. The molecule has 2 amide bonds. The first-order valence-corrected chi connectivity index (χ1v) is 6.44. The molecule has 0 aromatic carbocycles. The molecule has 2 rings (SSSR count). The molecule has 108 valence electrons. The summed E-state index contributed by atoms with van der Waals surface area (Å²) in [4.78, 5) is 36.5. The zero-order valence-corrected chi connectivity index (χ0v) is 11.2. The van der Waals surface area contributed by atoms with Gasteiger partial charge in [-0.3, -0.25) is 14.4 Å². The number of carbonyl (C=O) groups is 3. The maximum Gasteiger partial charge on any atom is 0.323 e. The summed E-state index contributed by atoms with van der Waals surface area (Å²) in [5.74, 6) is -1.51. The molecule has 1 atom stereocenters. The number of amides is 2. The lowest BCUT2D eigenvalue weighted by Gasteiger charge is -2.23. The monoisotopic (exact) mass is 279 g/mol. The van der Waals surface area contributed by atoms with Crippen LogP contribution in [0.25, 0.3) is 0 Å². The van der Waals surface area contributed by atoms with E-state index in [1.165, 1.54) is 16.5 Å². The lowest BCUT2D eigenvalue weighted by molar-refractivity contribution is -0.137. The highest BCUT2D eigenvalue weighted by atomic mass is 16.4. The fraction of sp³-hybridized carbons (Fsp3) is 0.462. The first kappa shape index (κ1) is 14.1. The number of likely N-dealkylation sites (N-methyl/N-ethyl adjacent to an activating group) is 1. The van der Waals surface area contributed by atoms with Crippen LogP contribution in [-0.2, 0) is 16.1 Å². The van der Waals surface area contributed by atoms with Crippen molar-refractivity contribution in [2.75, 3.05) is 13.6 Å². The molecule has 20 heavy (non-hydrogen) atoms. The molecule has 7 heteroatoms. The van der Waals surface area contributed by atoms with Crippen molar-refractivity contribution in [3.8, 4) is 0 Å². The molecule has 1 aliphatic rings. The van der Waals surface area contributed by atoms with Gasteiger partial charge in [0.1, 0.15) is 18.3 Å². The van der Waals surface area contributed by atoms with E-state index in [1.807, 2.05) is 0 Å². The van der Waals surface area contributed by atoms with Crippen LogP contribution < -0.4 is 5.32 Å². The summed E-state index contributed by atoms with van der Waals surface area (Å²) in [5.41, 5.74) is 0.295. The SMILES string of the molecule is CNC(=O)C1CCCN1C(=O)c1cccn1CC(=O)O. The Kier molecular flexibility index (Phi) is 4.07. The molecule has 1 unspecified atom stereocenters. The smallest absolute Gasteiger partial charge is 0.323 e.